The molecule has 1 atom stereocenters. The van der Waals surface area contributed by atoms with Crippen LogP contribution in [0.5, 0.6) is 5.75 Å². The van der Waals surface area contributed by atoms with E-state index in [1.807, 2.05) is 6.07 Å². The summed E-state index contributed by atoms with van der Waals surface area (Å²) in [6, 6.07) is 6.14. The zero-order valence-corrected chi connectivity index (χ0v) is 11.3. The minimum absolute atomic E-state index is 0.162. The molecule has 0 spiro atoms. The van der Waals surface area contributed by atoms with Crippen molar-refractivity contribution in [2.45, 2.75) is 12.6 Å². The lowest BCUT2D eigenvalue weighted by Crippen LogP contribution is -2.17. The molecule has 8 heteroatoms. The van der Waals surface area contributed by atoms with Crippen LogP contribution in [0.15, 0.2) is 18.2 Å². The van der Waals surface area contributed by atoms with Crippen LogP contribution in [-0.2, 0) is 10.1 Å². The number of benzene rings is 1. The van der Waals surface area contributed by atoms with Gasteiger partial charge in [0.2, 0.25) is 0 Å². The molecule has 0 radical (unpaired) electrons. The highest BCUT2D eigenvalue weighted by atomic mass is 35.5. The molecule has 0 aliphatic carbocycles. The Morgan fingerprint density at radius 2 is 2.21 bits per heavy atom. The number of hydrogen-bond donors (Lipinski definition) is 1. The Kier molecular flexibility index (Phi) is 5.54. The summed E-state index contributed by atoms with van der Waals surface area (Å²) >= 11 is 5.68. The van der Waals surface area contributed by atoms with Crippen molar-refractivity contribution >= 4 is 21.7 Å². The zero-order chi connectivity index (χ0) is 14.5. The third kappa shape index (κ3) is 5.87. The zero-order valence-electron chi connectivity index (χ0n) is 9.71. The maximum Gasteiger partial charge on any atom is 0.264 e. The van der Waals surface area contributed by atoms with Crippen LogP contribution in [0, 0.1) is 11.3 Å². The molecule has 1 rings (SSSR count). The van der Waals surface area contributed by atoms with Crippen LogP contribution in [-0.4, -0.2) is 31.5 Å². The lowest BCUT2D eigenvalue weighted by molar-refractivity contribution is 0.191. The molecular formula is C11H11ClFNO4S. The molecule has 0 heterocycles. The van der Waals surface area contributed by atoms with Gasteiger partial charge in [-0.05, 0) is 24.6 Å². The monoisotopic (exact) mass is 307 g/mol. The van der Waals surface area contributed by atoms with Gasteiger partial charge in [-0.2, -0.15) is 13.7 Å². The van der Waals surface area contributed by atoms with Crippen molar-refractivity contribution < 1.29 is 22.1 Å². The van der Waals surface area contributed by atoms with E-state index in [1.165, 1.54) is 18.2 Å². The molecule has 0 fully saturated rings. The number of ether oxygens (including phenoxy) is 1. The van der Waals surface area contributed by atoms with Crippen LogP contribution in [0.4, 0.5) is 4.39 Å². The van der Waals surface area contributed by atoms with Crippen molar-refractivity contribution in [2.24, 2.45) is 0 Å². The maximum absolute atomic E-state index is 13.3. The molecule has 104 valence electrons. The Morgan fingerprint density at radius 1 is 1.53 bits per heavy atom. The van der Waals surface area contributed by atoms with Crippen LogP contribution >= 0.6 is 11.6 Å². The molecule has 0 saturated heterocycles. The second kappa shape index (κ2) is 6.70. The van der Waals surface area contributed by atoms with Crippen LogP contribution in [0.1, 0.15) is 12.0 Å². The van der Waals surface area contributed by atoms with Crippen LogP contribution in [0.2, 0.25) is 5.02 Å². The summed E-state index contributed by atoms with van der Waals surface area (Å²) in [6.07, 6.45) is -1.95. The van der Waals surface area contributed by atoms with Gasteiger partial charge in [-0.3, -0.25) is 4.55 Å². The number of rotatable bonds is 6. The molecule has 1 aromatic carbocycles. The van der Waals surface area contributed by atoms with Crippen molar-refractivity contribution in [1.29, 1.82) is 5.26 Å². The van der Waals surface area contributed by atoms with Crippen molar-refractivity contribution in [3.8, 4) is 11.8 Å². The van der Waals surface area contributed by atoms with Crippen molar-refractivity contribution in [3.63, 3.8) is 0 Å². The molecule has 0 unspecified atom stereocenters. The van der Waals surface area contributed by atoms with E-state index in [0.29, 0.717) is 5.02 Å². The van der Waals surface area contributed by atoms with Gasteiger partial charge in [-0.25, -0.2) is 4.39 Å². The Bertz CT molecular complexity index is 585. The first-order valence-electron chi connectivity index (χ1n) is 5.23. The van der Waals surface area contributed by atoms with E-state index in [0.717, 1.165) is 0 Å². The SMILES string of the molecule is N#Cc1cc(Cl)ccc1OC[C@H](F)CCS(=O)(=O)O. The van der Waals surface area contributed by atoms with Gasteiger partial charge in [0.15, 0.2) is 0 Å². The predicted octanol–water partition coefficient (Wildman–Crippen LogP) is 2.21. The highest BCUT2D eigenvalue weighted by Gasteiger charge is 2.14. The van der Waals surface area contributed by atoms with Gasteiger partial charge >= 0.3 is 0 Å². The number of halogens is 2. The van der Waals surface area contributed by atoms with E-state index in [1.54, 1.807) is 0 Å². The van der Waals surface area contributed by atoms with E-state index < -0.39 is 28.6 Å². The molecular weight excluding hydrogens is 297 g/mol. The third-order valence-corrected chi connectivity index (χ3v) is 3.16. The fourth-order valence-corrected chi connectivity index (χ4v) is 1.98. The number of alkyl halides is 1. The summed E-state index contributed by atoms with van der Waals surface area (Å²) in [6.45, 7) is -0.411. The van der Waals surface area contributed by atoms with Crippen molar-refractivity contribution in [3.05, 3.63) is 28.8 Å². The summed E-state index contributed by atoms with van der Waals surface area (Å²) in [5.74, 6) is -0.509. The molecule has 1 N–H and O–H groups in total. The molecule has 0 aliphatic heterocycles. The molecule has 0 amide bonds. The minimum atomic E-state index is -4.19. The molecule has 0 bridgehead atoms. The largest absolute Gasteiger partial charge is 0.489 e. The fourth-order valence-electron chi connectivity index (χ4n) is 1.26. The molecule has 0 aromatic heterocycles. The van der Waals surface area contributed by atoms with Gasteiger partial charge in [-0.1, -0.05) is 11.6 Å². The summed E-state index contributed by atoms with van der Waals surface area (Å²) < 4.78 is 47.7. The minimum Gasteiger partial charge on any atom is -0.489 e. The van der Waals surface area contributed by atoms with Crippen molar-refractivity contribution in [1.82, 2.24) is 0 Å². The van der Waals surface area contributed by atoms with E-state index in [-0.39, 0.29) is 17.7 Å². The van der Waals surface area contributed by atoms with E-state index >= 15 is 0 Å². The third-order valence-electron chi connectivity index (χ3n) is 2.17. The Balaban J connectivity index is 2.55. The Morgan fingerprint density at radius 3 is 2.79 bits per heavy atom. The molecule has 19 heavy (non-hydrogen) atoms. The normalized spacial score (nSPS) is 12.7. The Hall–Kier alpha value is -1.36. The summed E-state index contributed by atoms with van der Waals surface area (Å²) in [7, 11) is -4.19. The van der Waals surface area contributed by atoms with Gasteiger partial charge in [0.25, 0.3) is 10.1 Å². The average Bonchev–Trinajstić information content (AvgIpc) is 2.33. The topological polar surface area (TPSA) is 87.4 Å². The first-order valence-corrected chi connectivity index (χ1v) is 7.22. The van der Waals surface area contributed by atoms with E-state index in [4.69, 9.17) is 26.2 Å². The second-order valence-electron chi connectivity index (χ2n) is 3.74. The van der Waals surface area contributed by atoms with Gasteiger partial charge in [-0.15, -0.1) is 0 Å². The van der Waals surface area contributed by atoms with Crippen molar-refractivity contribution in [2.75, 3.05) is 12.4 Å². The van der Waals surface area contributed by atoms with Gasteiger partial charge in [0, 0.05) is 5.02 Å². The van der Waals surface area contributed by atoms with E-state index in [9.17, 15) is 12.8 Å². The number of hydrogen-bond acceptors (Lipinski definition) is 4. The van der Waals surface area contributed by atoms with Gasteiger partial charge < -0.3 is 4.74 Å². The molecule has 5 nitrogen and oxygen atoms in total. The smallest absolute Gasteiger partial charge is 0.264 e. The standard InChI is InChI=1S/C11H11ClFNO4S/c12-9-1-2-11(8(5-9)6-14)18-7-10(13)3-4-19(15,16)17/h1-2,5,10H,3-4,7H2,(H,15,16,17)/t10-/m1/s1. The van der Waals surface area contributed by atoms with E-state index in [2.05, 4.69) is 0 Å². The quantitative estimate of drug-likeness (QED) is 0.814. The van der Waals surface area contributed by atoms with Crippen LogP contribution in [0.25, 0.3) is 0 Å². The molecule has 0 saturated carbocycles. The van der Waals surface area contributed by atoms with Crippen LogP contribution < -0.4 is 4.74 Å². The predicted molar refractivity (Wildman–Crippen MR) is 67.6 cm³/mol. The fraction of sp³-hybridized carbons (Fsp3) is 0.364. The summed E-state index contributed by atoms with van der Waals surface area (Å²) in [5.41, 5.74) is 0.162. The number of nitriles is 1. The maximum atomic E-state index is 13.3. The molecule has 0 aliphatic rings. The van der Waals surface area contributed by atoms with Gasteiger partial charge in [0.1, 0.15) is 24.6 Å². The summed E-state index contributed by atoms with van der Waals surface area (Å²) in [5, 5.41) is 9.18. The molecule has 1 aromatic rings. The summed E-state index contributed by atoms with van der Waals surface area (Å²) in [4.78, 5) is 0. The first-order chi connectivity index (χ1) is 8.81. The highest BCUT2D eigenvalue weighted by Crippen LogP contribution is 2.22. The lowest BCUT2D eigenvalue weighted by Gasteiger charge is -2.11. The number of nitrogens with zero attached hydrogens (tertiary/aromatic N) is 1. The first kappa shape index (κ1) is 15.7. The highest BCUT2D eigenvalue weighted by molar-refractivity contribution is 7.85. The van der Waals surface area contributed by atoms with Gasteiger partial charge in [0.05, 0.1) is 11.3 Å². The lowest BCUT2D eigenvalue weighted by atomic mass is 10.2. The Labute approximate surface area is 115 Å². The van der Waals surface area contributed by atoms with Crippen LogP contribution in [0.3, 0.4) is 0 Å². The second-order valence-corrected chi connectivity index (χ2v) is 5.74. The average molecular weight is 308 g/mol.